The maximum absolute atomic E-state index is 12.3. The van der Waals surface area contributed by atoms with E-state index >= 15 is 0 Å². The highest BCUT2D eigenvalue weighted by atomic mass is 16.1. The number of carbonyl (C=O) groups excluding carboxylic acids is 1. The Bertz CT molecular complexity index is 395. The zero-order valence-electron chi connectivity index (χ0n) is 9.62. The molecule has 1 aliphatic heterocycles. The molecule has 0 atom stereocenters. The second-order valence-corrected chi connectivity index (χ2v) is 4.42. The van der Waals surface area contributed by atoms with Crippen molar-refractivity contribution >= 4 is 11.5 Å². The van der Waals surface area contributed by atoms with Crippen LogP contribution in [-0.4, -0.2) is 18.9 Å². The molecule has 0 radical (unpaired) electrons. The molecule has 0 saturated carbocycles. The monoisotopic (exact) mass is 218 g/mol. The van der Waals surface area contributed by atoms with Crippen LogP contribution in [0.4, 0.5) is 5.69 Å². The Morgan fingerprint density at radius 1 is 1.38 bits per heavy atom. The zero-order valence-corrected chi connectivity index (χ0v) is 9.62. The van der Waals surface area contributed by atoms with Gasteiger partial charge in [0, 0.05) is 17.2 Å². The normalized spacial score (nSPS) is 17.3. The van der Waals surface area contributed by atoms with Gasteiger partial charge in [-0.2, -0.15) is 0 Å². The summed E-state index contributed by atoms with van der Waals surface area (Å²) in [7, 11) is 0. The molecule has 1 aromatic carbocycles. The fourth-order valence-electron chi connectivity index (χ4n) is 2.20. The van der Waals surface area contributed by atoms with E-state index in [4.69, 9.17) is 5.73 Å². The first-order valence-electron chi connectivity index (χ1n) is 5.80. The molecule has 1 heterocycles. The Morgan fingerprint density at radius 2 is 2.06 bits per heavy atom. The Balaban J connectivity index is 2.22. The number of hydrogen-bond acceptors (Lipinski definition) is 3. The summed E-state index contributed by atoms with van der Waals surface area (Å²) in [4.78, 5) is 12.3. The lowest BCUT2D eigenvalue weighted by Crippen LogP contribution is -2.32. The van der Waals surface area contributed by atoms with Crippen LogP contribution in [0.25, 0.3) is 0 Å². The molecule has 16 heavy (non-hydrogen) atoms. The second kappa shape index (κ2) is 4.66. The molecule has 0 aromatic heterocycles. The first-order chi connectivity index (χ1) is 7.70. The van der Waals surface area contributed by atoms with Crippen molar-refractivity contribution in [2.45, 2.75) is 19.8 Å². The summed E-state index contributed by atoms with van der Waals surface area (Å²) in [6.07, 6.45) is 1.85. The van der Waals surface area contributed by atoms with Crippen LogP contribution in [0.3, 0.4) is 0 Å². The Labute approximate surface area is 96.0 Å². The number of nitrogens with one attached hydrogen (secondary N) is 1. The summed E-state index contributed by atoms with van der Waals surface area (Å²) >= 11 is 0. The average Bonchev–Trinajstić information content (AvgIpc) is 2.33. The molecule has 0 unspecified atom stereocenters. The van der Waals surface area contributed by atoms with Crippen LogP contribution in [0.5, 0.6) is 0 Å². The summed E-state index contributed by atoms with van der Waals surface area (Å²) in [5.41, 5.74) is 8.28. The molecule has 0 spiro atoms. The number of carbonyl (C=O) groups is 1. The van der Waals surface area contributed by atoms with Gasteiger partial charge in [0.1, 0.15) is 0 Å². The number of benzene rings is 1. The van der Waals surface area contributed by atoms with Gasteiger partial charge in [0.05, 0.1) is 0 Å². The van der Waals surface area contributed by atoms with Gasteiger partial charge in [0.15, 0.2) is 5.78 Å². The van der Waals surface area contributed by atoms with E-state index in [0.29, 0.717) is 11.3 Å². The molecule has 1 fully saturated rings. The number of ketones is 1. The molecular weight excluding hydrogens is 200 g/mol. The van der Waals surface area contributed by atoms with Gasteiger partial charge in [0.25, 0.3) is 0 Å². The van der Waals surface area contributed by atoms with Crippen LogP contribution in [0.1, 0.15) is 28.8 Å². The summed E-state index contributed by atoms with van der Waals surface area (Å²) in [5.74, 6) is 0.355. The minimum Gasteiger partial charge on any atom is -0.398 e. The number of nitrogen functional groups attached to an aromatic ring is 1. The first-order valence-corrected chi connectivity index (χ1v) is 5.80. The molecule has 3 heteroatoms. The van der Waals surface area contributed by atoms with Gasteiger partial charge in [-0.1, -0.05) is 12.1 Å². The van der Waals surface area contributed by atoms with Crippen LogP contribution in [0, 0.1) is 12.8 Å². The number of aryl methyl sites for hydroxylation is 1. The van der Waals surface area contributed by atoms with Crippen molar-refractivity contribution in [2.75, 3.05) is 18.8 Å². The van der Waals surface area contributed by atoms with E-state index in [1.165, 1.54) is 0 Å². The Morgan fingerprint density at radius 3 is 2.75 bits per heavy atom. The number of Topliss-reactive ketones (excluding diaryl/α,β-unsaturated/α-hetero) is 1. The lowest BCUT2D eigenvalue weighted by atomic mass is 9.88. The third-order valence-corrected chi connectivity index (χ3v) is 3.30. The van der Waals surface area contributed by atoms with E-state index in [1.807, 2.05) is 25.1 Å². The molecule has 2 rings (SSSR count). The van der Waals surface area contributed by atoms with Crippen LogP contribution in [0.15, 0.2) is 18.2 Å². The van der Waals surface area contributed by atoms with Gasteiger partial charge in [-0.3, -0.25) is 4.79 Å². The molecule has 3 N–H and O–H groups in total. The smallest absolute Gasteiger partial charge is 0.168 e. The summed E-state index contributed by atoms with van der Waals surface area (Å²) in [6, 6.07) is 5.68. The molecule has 0 amide bonds. The molecular formula is C13H18N2O. The molecule has 1 aliphatic rings. The molecule has 3 nitrogen and oxygen atoms in total. The minimum atomic E-state index is 0.144. The number of anilines is 1. The average molecular weight is 218 g/mol. The van der Waals surface area contributed by atoms with Crippen LogP contribution >= 0.6 is 0 Å². The highest BCUT2D eigenvalue weighted by molar-refractivity contribution is 6.02. The van der Waals surface area contributed by atoms with Crippen molar-refractivity contribution in [1.29, 1.82) is 0 Å². The maximum atomic E-state index is 12.3. The molecule has 1 saturated heterocycles. The topological polar surface area (TPSA) is 55.1 Å². The highest BCUT2D eigenvalue weighted by Crippen LogP contribution is 2.23. The molecule has 0 bridgehead atoms. The third-order valence-electron chi connectivity index (χ3n) is 3.30. The summed E-state index contributed by atoms with van der Waals surface area (Å²) in [6.45, 7) is 3.80. The van der Waals surface area contributed by atoms with Crippen molar-refractivity contribution in [1.82, 2.24) is 5.32 Å². The quantitative estimate of drug-likeness (QED) is 0.587. The van der Waals surface area contributed by atoms with Gasteiger partial charge in [-0.25, -0.2) is 0 Å². The van der Waals surface area contributed by atoms with E-state index in [0.717, 1.165) is 31.5 Å². The van der Waals surface area contributed by atoms with Crippen molar-refractivity contribution < 1.29 is 4.79 Å². The third kappa shape index (κ3) is 2.09. The molecule has 1 aromatic rings. The number of hydrogen-bond donors (Lipinski definition) is 2. The maximum Gasteiger partial charge on any atom is 0.168 e. The largest absolute Gasteiger partial charge is 0.398 e. The molecule has 0 aliphatic carbocycles. The number of piperidine rings is 1. The number of rotatable bonds is 2. The lowest BCUT2D eigenvalue weighted by Gasteiger charge is -2.22. The van der Waals surface area contributed by atoms with Gasteiger partial charge >= 0.3 is 0 Å². The van der Waals surface area contributed by atoms with Gasteiger partial charge < -0.3 is 11.1 Å². The number of nitrogens with two attached hydrogens (primary N) is 1. The van der Waals surface area contributed by atoms with Crippen LogP contribution < -0.4 is 11.1 Å². The fourth-order valence-corrected chi connectivity index (χ4v) is 2.20. The predicted octanol–water partition coefficient (Wildman–Crippen LogP) is 1.76. The highest BCUT2D eigenvalue weighted by Gasteiger charge is 2.23. The van der Waals surface area contributed by atoms with Gasteiger partial charge in [-0.15, -0.1) is 0 Å². The van der Waals surface area contributed by atoms with Crippen molar-refractivity contribution in [2.24, 2.45) is 5.92 Å². The first kappa shape index (κ1) is 11.1. The SMILES string of the molecule is Cc1cccc(C(=O)C2CCNCC2)c1N. The second-order valence-electron chi connectivity index (χ2n) is 4.42. The van der Waals surface area contributed by atoms with E-state index in [9.17, 15) is 4.79 Å². The van der Waals surface area contributed by atoms with Crippen molar-refractivity contribution in [3.63, 3.8) is 0 Å². The Hall–Kier alpha value is -1.35. The molecule has 86 valence electrons. The van der Waals surface area contributed by atoms with Gasteiger partial charge in [0.2, 0.25) is 0 Å². The van der Waals surface area contributed by atoms with Crippen LogP contribution in [-0.2, 0) is 0 Å². The lowest BCUT2D eigenvalue weighted by molar-refractivity contribution is 0.0896. The van der Waals surface area contributed by atoms with E-state index in [2.05, 4.69) is 5.32 Å². The summed E-state index contributed by atoms with van der Waals surface area (Å²) < 4.78 is 0. The predicted molar refractivity (Wildman–Crippen MR) is 65.5 cm³/mol. The van der Waals surface area contributed by atoms with Crippen LogP contribution in [0.2, 0.25) is 0 Å². The van der Waals surface area contributed by atoms with E-state index < -0.39 is 0 Å². The number of para-hydroxylation sites is 1. The minimum absolute atomic E-state index is 0.144. The van der Waals surface area contributed by atoms with Crippen molar-refractivity contribution in [3.05, 3.63) is 29.3 Å². The standard InChI is InChI=1S/C13H18N2O/c1-9-3-2-4-11(12(9)14)13(16)10-5-7-15-8-6-10/h2-4,10,15H,5-8,14H2,1H3. The Kier molecular flexibility index (Phi) is 3.25. The van der Waals surface area contributed by atoms with E-state index in [1.54, 1.807) is 0 Å². The fraction of sp³-hybridized carbons (Fsp3) is 0.462. The van der Waals surface area contributed by atoms with Crippen molar-refractivity contribution in [3.8, 4) is 0 Å². The van der Waals surface area contributed by atoms with Gasteiger partial charge in [-0.05, 0) is 44.5 Å². The zero-order chi connectivity index (χ0) is 11.5. The summed E-state index contributed by atoms with van der Waals surface area (Å²) in [5, 5.41) is 3.26. The van der Waals surface area contributed by atoms with E-state index in [-0.39, 0.29) is 11.7 Å².